The fourth-order valence-corrected chi connectivity index (χ4v) is 5.81. The Bertz CT molecular complexity index is 590. The number of carbonyl (C=O) groups is 2. The monoisotopic (exact) mass is 381 g/mol. The van der Waals surface area contributed by atoms with Gasteiger partial charge >= 0.3 is 12.1 Å². The molecule has 3 unspecified atom stereocenters. The lowest BCUT2D eigenvalue weighted by Crippen LogP contribution is -2.59. The van der Waals surface area contributed by atoms with E-state index >= 15 is 0 Å². The first kappa shape index (κ1) is 22.0. The number of ether oxygens (including phenoxy) is 2. The van der Waals surface area contributed by atoms with Gasteiger partial charge in [0.05, 0.1) is 11.0 Å². The maximum absolute atomic E-state index is 12.7. The molecule has 3 atom stereocenters. The Kier molecular flexibility index (Phi) is 5.68. The van der Waals surface area contributed by atoms with Gasteiger partial charge in [-0.25, -0.2) is 4.79 Å². The van der Waals surface area contributed by atoms with Crippen molar-refractivity contribution >= 4 is 12.1 Å². The van der Waals surface area contributed by atoms with Crippen molar-refractivity contribution in [2.75, 3.05) is 13.8 Å². The van der Waals surface area contributed by atoms with Crippen molar-refractivity contribution in [3.63, 3.8) is 0 Å². The smallest absolute Gasteiger partial charge is 0.412 e. The quantitative estimate of drug-likeness (QED) is 0.483. The van der Waals surface area contributed by atoms with Gasteiger partial charge in [0.25, 0.3) is 0 Å². The molecule has 0 heterocycles. The van der Waals surface area contributed by atoms with Gasteiger partial charge in [-0.1, -0.05) is 34.6 Å². The number of hydrogen-bond donors (Lipinski definition) is 0. The maximum Gasteiger partial charge on any atom is 0.412 e. The van der Waals surface area contributed by atoms with E-state index in [9.17, 15) is 9.59 Å². The van der Waals surface area contributed by atoms with Crippen LogP contribution in [0.1, 0.15) is 81.1 Å². The van der Waals surface area contributed by atoms with E-state index in [0.29, 0.717) is 18.3 Å². The Morgan fingerprint density at radius 2 is 1.56 bits per heavy atom. The summed E-state index contributed by atoms with van der Waals surface area (Å²) in [6, 6.07) is 0. The SMILES string of the molecule is CN(C(=O)OCOC(=O)C(C)(C)CC(C)(C)C)C1(C)C2CCC(C2)C1(C)C. The molecule has 156 valence electrons. The zero-order valence-electron chi connectivity index (χ0n) is 18.8. The Labute approximate surface area is 165 Å². The fourth-order valence-electron chi connectivity index (χ4n) is 5.81. The highest BCUT2D eigenvalue weighted by Gasteiger charge is 2.63. The molecule has 2 aliphatic carbocycles. The summed E-state index contributed by atoms with van der Waals surface area (Å²) in [4.78, 5) is 26.8. The molecule has 0 spiro atoms. The standard InChI is InChI=1S/C22H39NO4/c1-19(2,3)13-20(4,5)17(24)26-14-27-18(25)23(9)22(8)16-11-10-15(12-16)21(22,6)7/h15-16H,10-14H2,1-9H3. The predicted molar refractivity (Wildman–Crippen MR) is 106 cm³/mol. The predicted octanol–water partition coefficient (Wildman–Crippen LogP) is 5.23. The van der Waals surface area contributed by atoms with Gasteiger partial charge in [-0.15, -0.1) is 0 Å². The third-order valence-corrected chi connectivity index (χ3v) is 7.42. The van der Waals surface area contributed by atoms with E-state index in [4.69, 9.17) is 9.47 Å². The number of amides is 1. The summed E-state index contributed by atoms with van der Waals surface area (Å²) in [5.74, 6) is 0.821. The van der Waals surface area contributed by atoms with Gasteiger partial charge < -0.3 is 14.4 Å². The van der Waals surface area contributed by atoms with Crippen LogP contribution in [0.2, 0.25) is 0 Å². The minimum Gasteiger partial charge on any atom is -0.427 e. The molecule has 5 heteroatoms. The van der Waals surface area contributed by atoms with Gasteiger partial charge in [0.2, 0.25) is 6.79 Å². The second-order valence-electron chi connectivity index (χ2n) is 11.2. The van der Waals surface area contributed by atoms with Crippen molar-refractivity contribution in [3.05, 3.63) is 0 Å². The van der Waals surface area contributed by atoms with E-state index in [-0.39, 0.29) is 29.1 Å². The summed E-state index contributed by atoms with van der Waals surface area (Å²) in [7, 11) is 1.82. The van der Waals surface area contributed by atoms with Crippen LogP contribution in [0.5, 0.6) is 0 Å². The van der Waals surface area contributed by atoms with Gasteiger partial charge in [-0.2, -0.15) is 0 Å². The summed E-state index contributed by atoms with van der Waals surface area (Å²) in [5.41, 5.74) is -0.784. The van der Waals surface area contributed by atoms with E-state index in [0.717, 1.165) is 6.42 Å². The molecule has 27 heavy (non-hydrogen) atoms. The van der Waals surface area contributed by atoms with Gasteiger partial charge in [-0.3, -0.25) is 4.79 Å². The summed E-state index contributed by atoms with van der Waals surface area (Å²) in [6.45, 7) is 16.4. The number of hydrogen-bond acceptors (Lipinski definition) is 4. The molecule has 0 aromatic heterocycles. The lowest BCUT2D eigenvalue weighted by molar-refractivity contribution is -0.165. The molecule has 0 aromatic carbocycles. The van der Waals surface area contributed by atoms with E-state index in [1.165, 1.54) is 12.8 Å². The summed E-state index contributed by atoms with van der Waals surface area (Å²) >= 11 is 0. The van der Waals surface area contributed by atoms with E-state index in [2.05, 4.69) is 41.5 Å². The molecule has 2 aliphatic rings. The number of fused-ring (bicyclic) bond motifs is 2. The molecule has 2 rings (SSSR count). The topological polar surface area (TPSA) is 55.8 Å². The van der Waals surface area contributed by atoms with Gasteiger partial charge in [0.1, 0.15) is 0 Å². The number of nitrogens with zero attached hydrogens (tertiary/aromatic N) is 1. The Morgan fingerprint density at radius 1 is 1.00 bits per heavy atom. The third kappa shape index (κ3) is 3.97. The van der Waals surface area contributed by atoms with E-state index < -0.39 is 11.5 Å². The van der Waals surface area contributed by atoms with Crippen molar-refractivity contribution in [2.45, 2.75) is 86.6 Å². The highest BCUT2D eigenvalue weighted by atomic mass is 16.7. The van der Waals surface area contributed by atoms with Crippen molar-refractivity contribution in [3.8, 4) is 0 Å². The Balaban J connectivity index is 1.92. The molecule has 1 amide bonds. The maximum atomic E-state index is 12.7. The third-order valence-electron chi connectivity index (χ3n) is 7.42. The van der Waals surface area contributed by atoms with Crippen LogP contribution in [0.25, 0.3) is 0 Å². The van der Waals surface area contributed by atoms with Crippen LogP contribution in [0.15, 0.2) is 0 Å². The first-order chi connectivity index (χ1) is 12.1. The average Bonchev–Trinajstić information content (AvgIpc) is 3.06. The highest BCUT2D eigenvalue weighted by Crippen LogP contribution is 2.63. The normalized spacial score (nSPS) is 29.5. The van der Waals surface area contributed by atoms with Crippen LogP contribution in [-0.2, 0) is 14.3 Å². The Morgan fingerprint density at radius 3 is 2.04 bits per heavy atom. The van der Waals surface area contributed by atoms with E-state index in [1.807, 2.05) is 20.9 Å². The van der Waals surface area contributed by atoms with Crippen LogP contribution < -0.4 is 0 Å². The second-order valence-corrected chi connectivity index (χ2v) is 11.2. The first-order valence-electron chi connectivity index (χ1n) is 10.2. The average molecular weight is 382 g/mol. The van der Waals surface area contributed by atoms with Crippen LogP contribution in [0, 0.1) is 28.1 Å². The minimum atomic E-state index is -0.616. The molecule has 0 aromatic rings. The van der Waals surface area contributed by atoms with Crippen molar-refractivity contribution in [1.82, 2.24) is 4.90 Å². The van der Waals surface area contributed by atoms with Gasteiger partial charge in [-0.05, 0) is 69.1 Å². The van der Waals surface area contributed by atoms with Crippen molar-refractivity contribution < 1.29 is 19.1 Å². The Hall–Kier alpha value is -1.26. The summed E-state index contributed by atoms with van der Waals surface area (Å²) in [6.07, 6.45) is 3.87. The molecule has 2 saturated carbocycles. The first-order valence-corrected chi connectivity index (χ1v) is 10.2. The molecular weight excluding hydrogens is 342 g/mol. The lowest BCUT2D eigenvalue weighted by Gasteiger charge is -2.52. The molecule has 2 bridgehead atoms. The van der Waals surface area contributed by atoms with Crippen molar-refractivity contribution in [1.29, 1.82) is 0 Å². The molecule has 0 aliphatic heterocycles. The second kappa shape index (κ2) is 6.97. The van der Waals surface area contributed by atoms with Gasteiger partial charge in [0, 0.05) is 7.05 Å². The van der Waals surface area contributed by atoms with Crippen molar-refractivity contribution in [2.24, 2.45) is 28.1 Å². The fraction of sp³-hybridized carbons (Fsp3) is 0.909. The molecule has 5 nitrogen and oxygen atoms in total. The molecule has 2 fully saturated rings. The molecule has 0 N–H and O–H groups in total. The van der Waals surface area contributed by atoms with Gasteiger partial charge in [0.15, 0.2) is 0 Å². The van der Waals surface area contributed by atoms with Crippen LogP contribution in [0.3, 0.4) is 0 Å². The number of carbonyl (C=O) groups excluding carboxylic acids is 2. The largest absolute Gasteiger partial charge is 0.427 e. The van der Waals surface area contributed by atoms with Crippen LogP contribution in [0.4, 0.5) is 4.79 Å². The summed E-state index contributed by atoms with van der Waals surface area (Å²) < 4.78 is 10.6. The molecule has 0 radical (unpaired) electrons. The lowest BCUT2D eigenvalue weighted by atomic mass is 9.63. The zero-order valence-corrected chi connectivity index (χ0v) is 18.8. The number of rotatable bonds is 5. The zero-order chi connectivity index (χ0) is 20.8. The van der Waals surface area contributed by atoms with Crippen LogP contribution in [-0.4, -0.2) is 36.3 Å². The highest BCUT2D eigenvalue weighted by molar-refractivity contribution is 5.76. The van der Waals surface area contributed by atoms with E-state index in [1.54, 1.807) is 4.90 Å². The molecular formula is C22H39NO4. The van der Waals surface area contributed by atoms with Crippen LogP contribution >= 0.6 is 0 Å². The molecule has 0 saturated heterocycles. The minimum absolute atomic E-state index is 0.0153. The number of esters is 1. The summed E-state index contributed by atoms with van der Waals surface area (Å²) in [5, 5.41) is 0.